The van der Waals surface area contributed by atoms with E-state index in [1.165, 1.54) is 0 Å². The van der Waals surface area contributed by atoms with Crippen LogP contribution >= 0.6 is 23.5 Å². The second kappa shape index (κ2) is 15.0. The molecule has 0 aliphatic rings. The number of ether oxygens (including phenoxy) is 1. The Kier molecular flexibility index (Phi) is 11.7. The van der Waals surface area contributed by atoms with Crippen LogP contribution in [0.25, 0.3) is 0 Å². The van der Waals surface area contributed by atoms with E-state index in [0.29, 0.717) is 27.0 Å². The number of nitrogens with two attached hydrogens (primary N) is 1. The quantitative estimate of drug-likeness (QED) is 0.136. The molecule has 0 unspecified atom stereocenters. The van der Waals surface area contributed by atoms with Crippen LogP contribution in [0.15, 0.2) is 40.9 Å². The first-order valence-electron chi connectivity index (χ1n) is 13.3. The molecule has 2 N–H and O–H groups in total. The van der Waals surface area contributed by atoms with Gasteiger partial charge in [0, 0.05) is 5.69 Å². The van der Waals surface area contributed by atoms with Crippen LogP contribution in [-0.2, 0) is 13.6 Å². The number of hydrogen-bond donors (Lipinski definition) is 1. The third kappa shape index (κ3) is 8.51. The number of aryl methyl sites for hydroxylation is 2. The molecule has 0 fully saturated rings. The number of rotatable bonds is 14. The normalized spacial score (nSPS) is 11.1. The molecule has 0 amide bonds. The number of halogens is 1. The SMILES string of the molecule is CCCCOP(=O)(CN(c1ccc(C#N)cc1)c1nc(N)c(Br)c(Oc2c(C)cc(C#N)cc2C)n1)OCCCC. The molecule has 0 bridgehead atoms. The second-order valence-corrected chi connectivity index (χ2v) is 12.2. The van der Waals surface area contributed by atoms with Crippen molar-refractivity contribution in [2.75, 3.05) is 30.1 Å². The summed E-state index contributed by atoms with van der Waals surface area (Å²) in [5, 5.41) is 18.6. The van der Waals surface area contributed by atoms with E-state index < -0.39 is 7.60 Å². The Balaban J connectivity index is 2.10. The molecule has 1 aromatic heterocycles. The second-order valence-electron chi connectivity index (χ2n) is 9.39. The molecule has 10 nitrogen and oxygen atoms in total. The molecule has 3 rings (SSSR count). The lowest BCUT2D eigenvalue weighted by Gasteiger charge is -2.28. The largest absolute Gasteiger partial charge is 0.437 e. The van der Waals surface area contributed by atoms with E-state index >= 15 is 0 Å². The predicted molar refractivity (Wildman–Crippen MR) is 162 cm³/mol. The van der Waals surface area contributed by atoms with E-state index in [1.807, 2.05) is 27.7 Å². The van der Waals surface area contributed by atoms with E-state index in [0.717, 1.165) is 36.8 Å². The van der Waals surface area contributed by atoms with Gasteiger partial charge in [-0.25, -0.2) is 0 Å². The Morgan fingerprint density at radius 1 is 0.951 bits per heavy atom. The maximum atomic E-state index is 14.0. The fourth-order valence-electron chi connectivity index (χ4n) is 3.86. The number of unbranched alkanes of at least 4 members (excludes halogenated alkanes) is 2. The van der Waals surface area contributed by atoms with Crippen molar-refractivity contribution in [2.24, 2.45) is 0 Å². The van der Waals surface area contributed by atoms with Crippen LogP contribution in [0.4, 0.5) is 17.5 Å². The van der Waals surface area contributed by atoms with Crippen molar-refractivity contribution < 1.29 is 18.3 Å². The molecule has 2 aromatic carbocycles. The molecular weight excluding hydrogens is 607 g/mol. The van der Waals surface area contributed by atoms with E-state index in [9.17, 15) is 15.1 Å². The molecule has 0 aliphatic heterocycles. The lowest BCUT2D eigenvalue weighted by molar-refractivity contribution is 0.200. The number of hydrogen-bond acceptors (Lipinski definition) is 10. The number of anilines is 3. The molecule has 0 aliphatic carbocycles. The van der Waals surface area contributed by atoms with Crippen molar-refractivity contribution in [2.45, 2.75) is 53.4 Å². The maximum absolute atomic E-state index is 14.0. The number of nitriles is 2. The zero-order valence-corrected chi connectivity index (χ0v) is 26.2. The molecule has 0 saturated carbocycles. The zero-order valence-electron chi connectivity index (χ0n) is 23.7. The standard InChI is InChI=1S/C29H34BrN6O4P/c1-5-7-13-38-41(37,39-14-8-6-2)19-36(24-11-9-22(17-31)10-12-24)29-34-27(33)25(30)28(35-29)40-26-20(3)15-23(18-32)16-21(26)4/h9-12,15-16H,5-8,13-14,19H2,1-4H3,(H2,33,34,35). The Bertz CT molecular complexity index is 1450. The molecular formula is C29H34BrN6O4P. The summed E-state index contributed by atoms with van der Waals surface area (Å²) in [6.07, 6.45) is 2.99. The molecule has 3 aromatic rings. The fraction of sp³-hybridized carbons (Fsp3) is 0.379. The van der Waals surface area contributed by atoms with E-state index in [1.54, 1.807) is 41.3 Å². The van der Waals surface area contributed by atoms with E-state index in [4.69, 9.17) is 19.5 Å². The van der Waals surface area contributed by atoms with Gasteiger partial charge in [0.1, 0.15) is 22.3 Å². The van der Waals surface area contributed by atoms with Gasteiger partial charge < -0.3 is 19.5 Å². The lowest BCUT2D eigenvalue weighted by atomic mass is 10.1. The van der Waals surface area contributed by atoms with Gasteiger partial charge in [-0.05, 0) is 90.1 Å². The number of aromatic nitrogens is 2. The van der Waals surface area contributed by atoms with Gasteiger partial charge in [-0.1, -0.05) is 26.7 Å². The highest BCUT2D eigenvalue weighted by molar-refractivity contribution is 9.10. The van der Waals surface area contributed by atoms with Gasteiger partial charge in [-0.15, -0.1) is 0 Å². The average Bonchev–Trinajstić information content (AvgIpc) is 2.96. The monoisotopic (exact) mass is 640 g/mol. The molecule has 41 heavy (non-hydrogen) atoms. The summed E-state index contributed by atoms with van der Waals surface area (Å²) < 4.78 is 32.3. The van der Waals surface area contributed by atoms with Crippen molar-refractivity contribution in [3.63, 3.8) is 0 Å². The minimum atomic E-state index is -3.66. The lowest BCUT2D eigenvalue weighted by Crippen LogP contribution is -2.23. The van der Waals surface area contributed by atoms with Gasteiger partial charge in [0.15, 0.2) is 0 Å². The van der Waals surface area contributed by atoms with Gasteiger partial charge in [0.25, 0.3) is 0 Å². The van der Waals surface area contributed by atoms with Crippen LogP contribution < -0.4 is 15.4 Å². The zero-order chi connectivity index (χ0) is 30.0. The average molecular weight is 642 g/mol. The summed E-state index contributed by atoms with van der Waals surface area (Å²) in [6, 6.07) is 14.4. The van der Waals surface area contributed by atoms with Gasteiger partial charge in [0.2, 0.25) is 11.8 Å². The molecule has 0 saturated heterocycles. The summed E-state index contributed by atoms with van der Waals surface area (Å²) >= 11 is 3.43. The minimum Gasteiger partial charge on any atom is -0.437 e. The van der Waals surface area contributed by atoms with Crippen molar-refractivity contribution in [3.8, 4) is 23.8 Å². The smallest absolute Gasteiger partial charge is 0.350 e. The number of benzene rings is 2. The summed E-state index contributed by atoms with van der Waals surface area (Å²) in [4.78, 5) is 10.7. The summed E-state index contributed by atoms with van der Waals surface area (Å²) in [6.45, 7) is 8.26. The highest BCUT2D eigenvalue weighted by atomic mass is 79.9. The Hall–Kier alpha value is -3.47. The summed E-state index contributed by atoms with van der Waals surface area (Å²) in [5.41, 5.74) is 9.32. The number of nitrogens with zero attached hydrogens (tertiary/aromatic N) is 5. The van der Waals surface area contributed by atoms with E-state index in [2.05, 4.69) is 38.0 Å². The van der Waals surface area contributed by atoms with Crippen LogP contribution in [0.2, 0.25) is 0 Å². The first kappa shape index (κ1) is 32.0. The van der Waals surface area contributed by atoms with Crippen LogP contribution in [0.5, 0.6) is 11.6 Å². The highest BCUT2D eigenvalue weighted by Crippen LogP contribution is 2.51. The van der Waals surface area contributed by atoms with Crippen molar-refractivity contribution in [1.82, 2.24) is 9.97 Å². The summed E-state index contributed by atoms with van der Waals surface area (Å²) in [5.74, 6) is 0.861. The van der Waals surface area contributed by atoms with Gasteiger partial charge in [-0.3, -0.25) is 9.46 Å². The Labute approximate surface area is 249 Å². The molecule has 0 radical (unpaired) electrons. The minimum absolute atomic E-state index is 0.0984. The van der Waals surface area contributed by atoms with Crippen LogP contribution in [0, 0.1) is 36.5 Å². The van der Waals surface area contributed by atoms with Crippen molar-refractivity contribution in [3.05, 3.63) is 63.1 Å². The topological polar surface area (TPSA) is 147 Å². The highest BCUT2D eigenvalue weighted by Gasteiger charge is 2.31. The molecule has 1 heterocycles. The predicted octanol–water partition coefficient (Wildman–Crippen LogP) is 7.90. The van der Waals surface area contributed by atoms with Crippen LogP contribution in [0.1, 0.15) is 61.8 Å². The van der Waals surface area contributed by atoms with Gasteiger partial charge in [0.05, 0.1) is 36.5 Å². The van der Waals surface area contributed by atoms with E-state index in [-0.39, 0.29) is 37.1 Å². The molecule has 216 valence electrons. The van der Waals surface area contributed by atoms with Crippen LogP contribution in [-0.4, -0.2) is 29.5 Å². The molecule has 0 spiro atoms. The fourth-order valence-corrected chi connectivity index (χ4v) is 5.80. The van der Waals surface area contributed by atoms with Crippen LogP contribution in [0.3, 0.4) is 0 Å². The Morgan fingerprint density at radius 3 is 2.02 bits per heavy atom. The molecule has 0 atom stereocenters. The third-order valence-electron chi connectivity index (χ3n) is 6.06. The number of nitrogen functional groups attached to an aromatic ring is 1. The van der Waals surface area contributed by atoms with Crippen molar-refractivity contribution >= 4 is 41.0 Å². The Morgan fingerprint density at radius 2 is 1.51 bits per heavy atom. The van der Waals surface area contributed by atoms with Gasteiger partial charge in [-0.2, -0.15) is 20.5 Å². The first-order valence-corrected chi connectivity index (χ1v) is 15.8. The summed E-state index contributed by atoms with van der Waals surface area (Å²) in [7, 11) is -3.66. The first-order chi connectivity index (χ1) is 19.6. The molecule has 12 heteroatoms. The third-order valence-corrected chi connectivity index (χ3v) is 8.59. The van der Waals surface area contributed by atoms with Gasteiger partial charge >= 0.3 is 7.60 Å². The van der Waals surface area contributed by atoms with Crippen molar-refractivity contribution in [1.29, 1.82) is 10.5 Å². The maximum Gasteiger partial charge on any atom is 0.350 e.